The van der Waals surface area contributed by atoms with Gasteiger partial charge in [0.15, 0.2) is 0 Å². The molecule has 0 aromatic heterocycles. The van der Waals surface area contributed by atoms with E-state index in [1.54, 1.807) is 14.2 Å². The molecule has 2 aliphatic heterocycles. The molecule has 0 aliphatic carbocycles. The highest BCUT2D eigenvalue weighted by atomic mass is 16.5. The lowest BCUT2D eigenvalue weighted by molar-refractivity contribution is 0.112. The molecule has 154 valence electrons. The molecule has 2 heterocycles. The van der Waals surface area contributed by atoms with Crippen molar-refractivity contribution in [2.45, 2.75) is 50.4 Å². The first-order valence-electron chi connectivity index (χ1n) is 10.2. The number of nitrogens with zero attached hydrogens (tertiary/aromatic N) is 1. The van der Waals surface area contributed by atoms with Crippen LogP contribution in [0.1, 0.15) is 31.2 Å². The molecule has 2 amide bonds. The Balaban J connectivity index is 1.31. The summed E-state index contributed by atoms with van der Waals surface area (Å²) < 4.78 is 10.5. The normalized spacial score (nSPS) is 23.4. The van der Waals surface area contributed by atoms with E-state index in [2.05, 4.69) is 27.7 Å². The predicted octanol–water partition coefficient (Wildman–Crippen LogP) is 4.02. The molecule has 2 saturated heterocycles. The fourth-order valence-corrected chi connectivity index (χ4v) is 4.65. The number of anilines is 1. The Bertz CT molecular complexity index is 826. The summed E-state index contributed by atoms with van der Waals surface area (Å²) in [6.45, 7) is 0.960. The zero-order valence-electron chi connectivity index (χ0n) is 17.1. The van der Waals surface area contributed by atoms with Gasteiger partial charge in [0.05, 0.1) is 14.2 Å². The number of carbonyl (C=O) groups is 1. The molecule has 2 unspecified atom stereocenters. The number of fused-ring (bicyclic) bond motifs is 2. The van der Waals surface area contributed by atoms with Crippen LogP contribution < -0.4 is 20.1 Å². The van der Waals surface area contributed by atoms with E-state index in [1.165, 1.54) is 18.4 Å². The Morgan fingerprint density at radius 2 is 1.69 bits per heavy atom. The number of hydrogen-bond acceptors (Lipinski definition) is 4. The van der Waals surface area contributed by atoms with E-state index in [-0.39, 0.29) is 12.1 Å². The molecule has 6 nitrogen and oxygen atoms in total. The fraction of sp³-hybridized carbons (Fsp3) is 0.435. The molecule has 2 aromatic rings. The molecule has 2 N–H and O–H groups in total. The maximum absolute atomic E-state index is 12.5. The van der Waals surface area contributed by atoms with Gasteiger partial charge >= 0.3 is 6.03 Å². The second-order valence-electron chi connectivity index (χ2n) is 7.90. The van der Waals surface area contributed by atoms with Crippen molar-refractivity contribution in [2.24, 2.45) is 0 Å². The van der Waals surface area contributed by atoms with Crippen LogP contribution in [-0.2, 0) is 6.54 Å². The number of ether oxygens (including phenoxy) is 2. The van der Waals surface area contributed by atoms with Gasteiger partial charge in [0.1, 0.15) is 11.5 Å². The lowest BCUT2D eigenvalue weighted by Gasteiger charge is -2.39. The van der Waals surface area contributed by atoms with Gasteiger partial charge in [-0.2, -0.15) is 0 Å². The summed E-state index contributed by atoms with van der Waals surface area (Å²) in [7, 11) is 3.31. The third-order valence-corrected chi connectivity index (χ3v) is 6.07. The monoisotopic (exact) mass is 395 g/mol. The lowest BCUT2D eigenvalue weighted by atomic mass is 9.96. The van der Waals surface area contributed by atoms with Crippen LogP contribution in [0.3, 0.4) is 0 Å². The summed E-state index contributed by atoms with van der Waals surface area (Å²) in [5.74, 6) is 1.62. The molecule has 2 aliphatic rings. The number of amides is 2. The standard InChI is InChI=1S/C23H29N3O3/c1-28-21-10-6-16(7-11-21)15-26-19-8-9-20(26)13-18(12-19)25-23(27)24-17-4-3-5-22(14-17)29-2/h3-7,10-11,14,18-20H,8-9,12-13,15H2,1-2H3,(H2,24,25,27). The van der Waals surface area contributed by atoms with Gasteiger partial charge in [-0.3, -0.25) is 4.90 Å². The number of nitrogens with one attached hydrogen (secondary N) is 2. The zero-order valence-corrected chi connectivity index (χ0v) is 17.1. The third kappa shape index (κ3) is 4.65. The number of piperidine rings is 1. The Hall–Kier alpha value is -2.73. The molecule has 2 aromatic carbocycles. The van der Waals surface area contributed by atoms with Crippen molar-refractivity contribution < 1.29 is 14.3 Å². The highest BCUT2D eigenvalue weighted by molar-refractivity contribution is 5.89. The first kappa shape index (κ1) is 19.6. The summed E-state index contributed by atoms with van der Waals surface area (Å²) in [5.41, 5.74) is 2.05. The van der Waals surface area contributed by atoms with E-state index in [4.69, 9.17) is 9.47 Å². The number of hydrogen-bond donors (Lipinski definition) is 2. The van der Waals surface area contributed by atoms with E-state index < -0.39 is 0 Å². The van der Waals surface area contributed by atoms with Crippen LogP contribution in [0.4, 0.5) is 10.5 Å². The van der Waals surface area contributed by atoms with Crippen molar-refractivity contribution in [3.63, 3.8) is 0 Å². The molecule has 4 rings (SSSR count). The minimum Gasteiger partial charge on any atom is -0.497 e. The second-order valence-corrected chi connectivity index (χ2v) is 7.90. The predicted molar refractivity (Wildman–Crippen MR) is 114 cm³/mol. The van der Waals surface area contributed by atoms with Crippen LogP contribution in [-0.4, -0.2) is 43.3 Å². The molecule has 0 spiro atoms. The van der Waals surface area contributed by atoms with Crippen LogP contribution in [0, 0.1) is 0 Å². The van der Waals surface area contributed by atoms with Gasteiger partial charge in [0, 0.05) is 36.4 Å². The third-order valence-electron chi connectivity index (χ3n) is 6.07. The maximum atomic E-state index is 12.5. The van der Waals surface area contributed by atoms with Crippen LogP contribution in [0.2, 0.25) is 0 Å². The van der Waals surface area contributed by atoms with Gasteiger partial charge in [0.2, 0.25) is 0 Å². The topological polar surface area (TPSA) is 62.8 Å². The fourth-order valence-electron chi connectivity index (χ4n) is 4.65. The van der Waals surface area contributed by atoms with Crippen molar-refractivity contribution in [3.8, 4) is 11.5 Å². The van der Waals surface area contributed by atoms with Gasteiger partial charge in [-0.15, -0.1) is 0 Å². The molecular weight excluding hydrogens is 366 g/mol. The summed E-state index contributed by atoms with van der Waals surface area (Å²) in [4.78, 5) is 15.1. The van der Waals surface area contributed by atoms with Gasteiger partial charge < -0.3 is 20.1 Å². The summed E-state index contributed by atoms with van der Waals surface area (Å²) >= 11 is 0. The number of urea groups is 1. The largest absolute Gasteiger partial charge is 0.497 e. The highest BCUT2D eigenvalue weighted by Crippen LogP contribution is 2.37. The number of methoxy groups -OCH3 is 2. The molecular formula is C23H29N3O3. The molecule has 29 heavy (non-hydrogen) atoms. The maximum Gasteiger partial charge on any atom is 0.319 e. The Morgan fingerprint density at radius 3 is 2.34 bits per heavy atom. The minimum absolute atomic E-state index is 0.147. The summed E-state index contributed by atoms with van der Waals surface area (Å²) in [6.07, 6.45) is 4.41. The summed E-state index contributed by atoms with van der Waals surface area (Å²) in [6, 6.07) is 16.9. The van der Waals surface area contributed by atoms with Gasteiger partial charge in [-0.25, -0.2) is 4.79 Å². The first-order chi connectivity index (χ1) is 14.1. The van der Waals surface area contributed by atoms with Gasteiger partial charge in [0.25, 0.3) is 0 Å². The molecule has 2 fully saturated rings. The van der Waals surface area contributed by atoms with E-state index in [0.717, 1.165) is 36.6 Å². The Labute approximate surface area is 172 Å². The van der Waals surface area contributed by atoms with Crippen LogP contribution in [0.5, 0.6) is 11.5 Å². The smallest absolute Gasteiger partial charge is 0.319 e. The summed E-state index contributed by atoms with van der Waals surface area (Å²) in [5, 5.41) is 6.09. The second kappa shape index (κ2) is 8.74. The van der Waals surface area contributed by atoms with Crippen molar-refractivity contribution in [2.75, 3.05) is 19.5 Å². The first-order valence-corrected chi connectivity index (χ1v) is 10.2. The molecule has 2 bridgehead atoms. The average molecular weight is 396 g/mol. The van der Waals surface area contributed by atoms with Crippen molar-refractivity contribution >= 4 is 11.7 Å². The van der Waals surface area contributed by atoms with Crippen molar-refractivity contribution in [1.82, 2.24) is 10.2 Å². The van der Waals surface area contributed by atoms with Crippen molar-refractivity contribution in [3.05, 3.63) is 54.1 Å². The van der Waals surface area contributed by atoms with Crippen LogP contribution in [0.25, 0.3) is 0 Å². The van der Waals surface area contributed by atoms with Crippen LogP contribution >= 0.6 is 0 Å². The highest BCUT2D eigenvalue weighted by Gasteiger charge is 2.40. The van der Waals surface area contributed by atoms with E-state index in [0.29, 0.717) is 12.1 Å². The van der Waals surface area contributed by atoms with Gasteiger partial charge in [-0.1, -0.05) is 18.2 Å². The Morgan fingerprint density at radius 1 is 1.00 bits per heavy atom. The van der Waals surface area contributed by atoms with Gasteiger partial charge in [-0.05, 0) is 55.5 Å². The number of benzene rings is 2. The number of carbonyl (C=O) groups excluding carboxylic acids is 1. The Kier molecular flexibility index (Phi) is 5.90. The molecule has 2 atom stereocenters. The minimum atomic E-state index is -0.147. The van der Waals surface area contributed by atoms with Crippen molar-refractivity contribution in [1.29, 1.82) is 0 Å². The van der Waals surface area contributed by atoms with E-state index in [1.807, 2.05) is 36.4 Å². The number of rotatable bonds is 6. The molecule has 0 radical (unpaired) electrons. The van der Waals surface area contributed by atoms with E-state index >= 15 is 0 Å². The lowest BCUT2D eigenvalue weighted by Crippen LogP contribution is -2.50. The van der Waals surface area contributed by atoms with Crippen LogP contribution in [0.15, 0.2) is 48.5 Å². The molecule has 0 saturated carbocycles. The zero-order chi connectivity index (χ0) is 20.2. The molecule has 6 heteroatoms. The van der Waals surface area contributed by atoms with E-state index in [9.17, 15) is 4.79 Å². The average Bonchev–Trinajstić information content (AvgIpc) is 2.96. The quantitative estimate of drug-likeness (QED) is 0.775. The SMILES string of the molecule is COc1ccc(CN2C3CCC2CC(NC(=O)Nc2cccc(OC)c2)C3)cc1.